The summed E-state index contributed by atoms with van der Waals surface area (Å²) in [5, 5.41) is 17.8. The number of anilines is 1. The van der Waals surface area contributed by atoms with Gasteiger partial charge in [0.05, 0.1) is 9.95 Å². The van der Waals surface area contributed by atoms with Crippen LogP contribution in [0.2, 0.25) is 15.1 Å². The number of thiophene rings is 1. The Morgan fingerprint density at radius 3 is 2.48 bits per heavy atom. The quantitative estimate of drug-likeness (QED) is 0.289. The number of carbonyl (C=O) groups excluding carboxylic acids is 1. The largest absolute Gasteiger partial charge is 0.327 e. The van der Waals surface area contributed by atoms with Gasteiger partial charge < -0.3 is 5.32 Å². The molecule has 6 nitrogen and oxygen atoms in total. The van der Waals surface area contributed by atoms with E-state index in [9.17, 15) is 14.9 Å². The first-order chi connectivity index (χ1) is 12.8. The Morgan fingerprint density at radius 2 is 1.78 bits per heavy atom. The third kappa shape index (κ3) is 4.31. The number of carbonyl (C=O) groups is 1. The van der Waals surface area contributed by atoms with E-state index in [4.69, 9.17) is 47.0 Å². The molecule has 27 heavy (non-hydrogen) atoms. The van der Waals surface area contributed by atoms with E-state index in [1.807, 2.05) is 0 Å². The molecular formula is C16H8Cl3N3O3S2. The molecule has 3 rings (SSSR count). The van der Waals surface area contributed by atoms with Crippen LogP contribution in [0, 0.1) is 10.1 Å². The number of thiocarbonyl (C=S) groups is 1. The molecule has 1 amide bonds. The summed E-state index contributed by atoms with van der Waals surface area (Å²) in [6.07, 6.45) is 0. The fourth-order valence-electron chi connectivity index (χ4n) is 2.26. The molecule has 0 unspecified atom stereocenters. The summed E-state index contributed by atoms with van der Waals surface area (Å²) in [6, 6.07) is 9.15. The van der Waals surface area contributed by atoms with Crippen molar-refractivity contribution in [2.75, 3.05) is 5.32 Å². The SMILES string of the molecule is O=C(NC(=S)Nc1ccc(Cl)cc1[N+](=O)[O-])c1sc2cc(Cl)ccc2c1Cl. The predicted octanol–water partition coefficient (Wildman–Crippen LogP) is 5.90. The van der Waals surface area contributed by atoms with E-state index in [2.05, 4.69) is 10.6 Å². The standard InChI is InChI=1S/C16H8Cl3N3O3S2/c17-7-2-4-10(11(5-7)22(24)25)20-16(26)21-15(23)14-13(19)9-3-1-8(18)6-12(9)27-14/h1-6H,(H2,20,21,23,26). The summed E-state index contributed by atoms with van der Waals surface area (Å²) in [7, 11) is 0. The van der Waals surface area contributed by atoms with Crippen LogP contribution in [0.25, 0.3) is 10.1 Å². The highest BCUT2D eigenvalue weighted by molar-refractivity contribution is 7.80. The van der Waals surface area contributed by atoms with Crippen LogP contribution in [0.5, 0.6) is 0 Å². The minimum Gasteiger partial charge on any atom is -0.327 e. The maximum Gasteiger partial charge on any atom is 0.294 e. The van der Waals surface area contributed by atoms with Gasteiger partial charge in [-0.25, -0.2) is 0 Å². The number of nitrogens with one attached hydrogen (secondary N) is 2. The number of hydrogen-bond acceptors (Lipinski definition) is 5. The molecule has 1 aromatic heterocycles. The number of nitrogens with zero attached hydrogens (tertiary/aromatic N) is 1. The predicted molar refractivity (Wildman–Crippen MR) is 114 cm³/mol. The molecule has 0 saturated carbocycles. The van der Waals surface area contributed by atoms with Gasteiger partial charge in [0.15, 0.2) is 5.11 Å². The molecule has 138 valence electrons. The lowest BCUT2D eigenvalue weighted by Crippen LogP contribution is -2.34. The summed E-state index contributed by atoms with van der Waals surface area (Å²) in [6.45, 7) is 0. The second-order valence-corrected chi connectivity index (χ2v) is 7.92. The Balaban J connectivity index is 1.80. The van der Waals surface area contributed by atoms with Crippen molar-refractivity contribution in [3.63, 3.8) is 0 Å². The molecule has 0 atom stereocenters. The average molecular weight is 461 g/mol. The topological polar surface area (TPSA) is 84.3 Å². The normalized spacial score (nSPS) is 10.6. The minimum atomic E-state index is -0.606. The van der Waals surface area contributed by atoms with Crippen molar-refractivity contribution < 1.29 is 9.72 Å². The van der Waals surface area contributed by atoms with Crippen LogP contribution >= 0.6 is 58.4 Å². The lowest BCUT2D eigenvalue weighted by Gasteiger charge is -2.09. The van der Waals surface area contributed by atoms with E-state index in [1.54, 1.807) is 18.2 Å². The monoisotopic (exact) mass is 459 g/mol. The van der Waals surface area contributed by atoms with Gasteiger partial charge in [-0.1, -0.05) is 40.9 Å². The van der Waals surface area contributed by atoms with E-state index < -0.39 is 10.8 Å². The third-order valence-electron chi connectivity index (χ3n) is 3.43. The second-order valence-electron chi connectivity index (χ2n) is 5.21. The number of amides is 1. The maximum absolute atomic E-state index is 12.5. The number of nitro benzene ring substituents is 1. The Kier molecular flexibility index (Phi) is 5.83. The zero-order chi connectivity index (χ0) is 19.7. The van der Waals surface area contributed by atoms with Gasteiger partial charge >= 0.3 is 0 Å². The summed E-state index contributed by atoms with van der Waals surface area (Å²) in [5.41, 5.74) is -0.169. The minimum absolute atomic E-state index is 0.101. The molecule has 0 aliphatic heterocycles. The van der Waals surface area contributed by atoms with Crippen molar-refractivity contribution in [3.8, 4) is 0 Å². The van der Waals surface area contributed by atoms with Gasteiger partial charge in [-0.2, -0.15) is 0 Å². The van der Waals surface area contributed by atoms with Crippen LogP contribution in [-0.4, -0.2) is 15.9 Å². The Morgan fingerprint density at radius 1 is 1.11 bits per heavy atom. The number of halogens is 3. The molecule has 3 aromatic rings. The zero-order valence-electron chi connectivity index (χ0n) is 13.1. The molecule has 11 heteroatoms. The van der Waals surface area contributed by atoms with Crippen molar-refractivity contribution >= 4 is 90.8 Å². The highest BCUT2D eigenvalue weighted by Crippen LogP contribution is 2.36. The van der Waals surface area contributed by atoms with Crippen LogP contribution in [0.1, 0.15) is 9.67 Å². The molecule has 0 spiro atoms. The first-order valence-corrected chi connectivity index (χ1v) is 9.56. The Hall–Kier alpha value is -1.97. The maximum atomic E-state index is 12.5. The first kappa shape index (κ1) is 19.8. The first-order valence-electron chi connectivity index (χ1n) is 7.20. The van der Waals surface area contributed by atoms with Crippen LogP contribution < -0.4 is 10.6 Å². The highest BCUT2D eigenvalue weighted by Gasteiger charge is 2.20. The van der Waals surface area contributed by atoms with Crippen molar-refractivity contribution in [2.45, 2.75) is 0 Å². The molecule has 0 aliphatic carbocycles. The van der Waals surface area contributed by atoms with Gasteiger partial charge in [-0.3, -0.25) is 20.2 Å². The lowest BCUT2D eigenvalue weighted by molar-refractivity contribution is -0.383. The molecule has 0 aliphatic rings. The van der Waals surface area contributed by atoms with Crippen LogP contribution in [0.15, 0.2) is 36.4 Å². The van der Waals surface area contributed by atoms with Crippen molar-refractivity contribution in [1.29, 1.82) is 0 Å². The summed E-state index contributed by atoms with van der Waals surface area (Å²) in [5.74, 6) is -0.536. The van der Waals surface area contributed by atoms with Crippen molar-refractivity contribution in [1.82, 2.24) is 5.32 Å². The fourth-order valence-corrected chi connectivity index (χ4v) is 4.32. The molecule has 0 radical (unpaired) electrons. The van der Waals surface area contributed by atoms with E-state index in [0.717, 1.165) is 16.0 Å². The second kappa shape index (κ2) is 7.95. The molecule has 1 heterocycles. The van der Waals surface area contributed by atoms with E-state index in [0.29, 0.717) is 10.4 Å². The average Bonchev–Trinajstić information content (AvgIpc) is 2.92. The third-order valence-corrected chi connectivity index (χ3v) is 5.76. The number of benzene rings is 2. The fraction of sp³-hybridized carbons (Fsp3) is 0. The number of fused-ring (bicyclic) bond motifs is 1. The molecule has 2 N–H and O–H groups in total. The smallest absolute Gasteiger partial charge is 0.294 e. The summed E-state index contributed by atoms with van der Waals surface area (Å²) >= 11 is 24.2. The van der Waals surface area contributed by atoms with Crippen LogP contribution in [-0.2, 0) is 0 Å². The van der Waals surface area contributed by atoms with Gasteiger partial charge in [-0.15, -0.1) is 11.3 Å². The van der Waals surface area contributed by atoms with Crippen LogP contribution in [0.4, 0.5) is 11.4 Å². The molecule has 2 aromatic carbocycles. The van der Waals surface area contributed by atoms with Crippen molar-refractivity contribution in [3.05, 3.63) is 66.5 Å². The van der Waals surface area contributed by atoms with E-state index >= 15 is 0 Å². The number of hydrogen-bond donors (Lipinski definition) is 2. The number of nitro groups is 1. The van der Waals surface area contributed by atoms with Gasteiger partial charge in [0.2, 0.25) is 0 Å². The van der Waals surface area contributed by atoms with Gasteiger partial charge in [0.1, 0.15) is 10.6 Å². The molecule has 0 fully saturated rings. The van der Waals surface area contributed by atoms with E-state index in [-0.39, 0.29) is 31.4 Å². The van der Waals surface area contributed by atoms with E-state index in [1.165, 1.54) is 18.2 Å². The molecule has 0 saturated heterocycles. The van der Waals surface area contributed by atoms with Gasteiger partial charge in [0, 0.05) is 26.2 Å². The summed E-state index contributed by atoms with van der Waals surface area (Å²) < 4.78 is 0.755. The van der Waals surface area contributed by atoms with Crippen LogP contribution in [0.3, 0.4) is 0 Å². The summed E-state index contributed by atoms with van der Waals surface area (Å²) in [4.78, 5) is 23.3. The van der Waals surface area contributed by atoms with Crippen molar-refractivity contribution in [2.24, 2.45) is 0 Å². The lowest BCUT2D eigenvalue weighted by atomic mass is 10.2. The number of rotatable bonds is 3. The highest BCUT2D eigenvalue weighted by atomic mass is 35.5. The van der Waals surface area contributed by atoms with Gasteiger partial charge in [0.25, 0.3) is 11.6 Å². The Labute approximate surface area is 177 Å². The Bertz CT molecular complexity index is 1100. The van der Waals surface area contributed by atoms with Gasteiger partial charge in [-0.05, 0) is 36.5 Å². The molecule has 0 bridgehead atoms. The zero-order valence-corrected chi connectivity index (χ0v) is 17.0. The molecular weight excluding hydrogens is 453 g/mol.